The summed E-state index contributed by atoms with van der Waals surface area (Å²) in [4.78, 5) is 66.6. The van der Waals surface area contributed by atoms with E-state index in [4.69, 9.17) is 20.0 Å². The first-order valence-corrected chi connectivity index (χ1v) is 15.8. The van der Waals surface area contributed by atoms with Gasteiger partial charge in [0.05, 0.1) is 52.7 Å². The normalized spacial score (nSPS) is 18.5. The van der Waals surface area contributed by atoms with E-state index in [9.17, 15) is 40.5 Å². The predicted molar refractivity (Wildman–Crippen MR) is 180 cm³/mol. The third-order valence-electron chi connectivity index (χ3n) is 10.5. The summed E-state index contributed by atoms with van der Waals surface area (Å²) in [5.74, 6) is 0.0631. The second-order valence-corrected chi connectivity index (χ2v) is 12.9. The molecule has 8 heterocycles. The summed E-state index contributed by atoms with van der Waals surface area (Å²) < 4.78 is 7.16. The minimum atomic E-state index is -1.67. The maximum Gasteiger partial charge on any atom is 0.404 e. The zero-order valence-corrected chi connectivity index (χ0v) is 26.1. The van der Waals surface area contributed by atoms with Gasteiger partial charge in [0.1, 0.15) is 0 Å². The Balaban J connectivity index is 1.36. The number of nitrogens with zero attached hydrogens (tertiary/aromatic N) is 12. The first kappa shape index (κ1) is 27.6. The Morgan fingerprint density at radius 3 is 1.58 bits per heavy atom. The van der Waals surface area contributed by atoms with E-state index in [1.807, 2.05) is 0 Å². The van der Waals surface area contributed by atoms with Gasteiger partial charge in [0.15, 0.2) is 0 Å². The van der Waals surface area contributed by atoms with Gasteiger partial charge in [-0.3, -0.25) is 40.5 Å². The van der Waals surface area contributed by atoms with Crippen LogP contribution in [0, 0.1) is 40.5 Å². The van der Waals surface area contributed by atoms with E-state index in [1.54, 1.807) is 42.6 Å². The number of hydrogen-bond acceptors (Lipinski definition) is 12. The zero-order chi connectivity index (χ0) is 36.0. The molecule has 20 heteroatoms. The number of nitro groups is 4. The molecule has 6 aliphatic heterocycles. The maximum atomic E-state index is 12.1. The van der Waals surface area contributed by atoms with Crippen molar-refractivity contribution in [3.05, 3.63) is 146 Å². The monoisotopic (exact) mass is 704 g/mol. The molecule has 4 aromatic carbocycles. The number of fused-ring (bicyclic) bond motifs is 12. The van der Waals surface area contributed by atoms with Crippen molar-refractivity contribution in [3.8, 4) is 0 Å². The van der Waals surface area contributed by atoms with Crippen LogP contribution < -0.4 is 11.0 Å². The summed E-state index contributed by atoms with van der Waals surface area (Å²) in [6, 6.07) is 17.3. The van der Waals surface area contributed by atoms with Crippen LogP contribution in [0.1, 0.15) is 22.3 Å². The van der Waals surface area contributed by atoms with Gasteiger partial charge < -0.3 is 0 Å². The summed E-state index contributed by atoms with van der Waals surface area (Å²) in [5, 5.41) is 50.0. The number of amidine groups is 4. The molecule has 1 spiro atoms. The van der Waals surface area contributed by atoms with Crippen LogP contribution >= 0.6 is 0 Å². The Morgan fingerprint density at radius 2 is 0.943 bits per heavy atom. The minimum Gasteiger partial charge on any atom is -0.258 e. The molecule has 2 aromatic heterocycles. The smallest absolute Gasteiger partial charge is 0.258 e. The molecule has 6 aromatic rings. The fourth-order valence-electron chi connectivity index (χ4n) is 8.49. The highest BCUT2D eigenvalue weighted by molar-refractivity contribution is 6.20. The molecule has 6 aliphatic rings. The molecular weight excluding hydrogens is 692 g/mol. The molecular formula is C33H12N12O8+2. The lowest BCUT2D eigenvalue weighted by Crippen LogP contribution is -2.71. The van der Waals surface area contributed by atoms with Crippen LogP contribution in [-0.4, -0.2) is 61.3 Å². The van der Waals surface area contributed by atoms with Gasteiger partial charge in [0.25, 0.3) is 46.1 Å². The third kappa shape index (κ3) is 2.86. The first-order valence-electron chi connectivity index (χ1n) is 15.8. The largest absolute Gasteiger partial charge is 0.404 e. The van der Waals surface area contributed by atoms with Crippen LogP contribution in [0.5, 0.6) is 0 Å². The van der Waals surface area contributed by atoms with Gasteiger partial charge in [-0.25, -0.2) is 0 Å². The van der Waals surface area contributed by atoms with Gasteiger partial charge in [0.2, 0.25) is 22.6 Å². The van der Waals surface area contributed by atoms with Crippen LogP contribution in [0.3, 0.4) is 0 Å². The van der Waals surface area contributed by atoms with E-state index < -0.39 is 25.6 Å². The van der Waals surface area contributed by atoms with E-state index in [-0.39, 0.29) is 45.7 Å². The van der Waals surface area contributed by atoms with Crippen molar-refractivity contribution < 1.29 is 28.8 Å². The Hall–Kier alpha value is -8.16. The van der Waals surface area contributed by atoms with Crippen LogP contribution in [0.2, 0.25) is 0 Å². The summed E-state index contributed by atoms with van der Waals surface area (Å²) in [7, 11) is 0. The second kappa shape index (κ2) is 8.40. The van der Waals surface area contributed by atoms with Gasteiger partial charge in [-0.15, -0.1) is 9.15 Å². The summed E-state index contributed by atoms with van der Waals surface area (Å²) >= 11 is 0. The second-order valence-electron chi connectivity index (χ2n) is 12.9. The van der Waals surface area contributed by atoms with E-state index in [0.717, 1.165) is 0 Å². The van der Waals surface area contributed by atoms with E-state index in [1.165, 1.54) is 48.5 Å². The highest BCUT2D eigenvalue weighted by Gasteiger charge is 2.69. The molecule has 20 nitrogen and oxygen atoms in total. The third-order valence-corrected chi connectivity index (χ3v) is 10.5. The molecule has 1 unspecified atom stereocenters. The van der Waals surface area contributed by atoms with Crippen molar-refractivity contribution in [3.63, 3.8) is 0 Å². The molecule has 0 radical (unpaired) electrons. The maximum absolute atomic E-state index is 12.1. The lowest BCUT2D eigenvalue weighted by Gasteiger charge is -2.40. The number of non-ortho nitro benzene ring substituents is 4. The Bertz CT molecular complexity index is 3310. The highest BCUT2D eigenvalue weighted by Crippen LogP contribution is 2.53. The van der Waals surface area contributed by atoms with Crippen LogP contribution in [0.25, 0.3) is 21.5 Å². The first-order chi connectivity index (χ1) is 25.6. The van der Waals surface area contributed by atoms with Crippen molar-refractivity contribution >= 4 is 79.3 Å². The molecule has 12 rings (SSSR count). The van der Waals surface area contributed by atoms with Gasteiger partial charge in [-0.1, -0.05) is 20.0 Å². The summed E-state index contributed by atoms with van der Waals surface area (Å²) in [6.07, 6.45) is 0. The average Bonchev–Trinajstić information content (AvgIpc) is 3.86. The number of hydrogen-bond donors (Lipinski definition) is 0. The van der Waals surface area contributed by atoms with Crippen LogP contribution in [0.15, 0.2) is 92.8 Å². The van der Waals surface area contributed by atoms with E-state index >= 15 is 0 Å². The van der Waals surface area contributed by atoms with E-state index in [2.05, 4.69) is 0 Å². The molecule has 1 atom stereocenters. The Morgan fingerprint density at radius 1 is 0.472 bits per heavy atom. The number of rotatable bonds is 4. The quantitative estimate of drug-likeness (QED) is 0.149. The van der Waals surface area contributed by atoms with Gasteiger partial charge in [-0.2, -0.15) is 9.13 Å². The standard InChI is InChI=1S/C33H12N12O8/c46-42(47)13-1-5-17-21(9-13)29-35-26-19-7-3-15(44(50)51)11-23(19)31-37-28-20-8-4-16(45(52)53)12-24(20)32-36-27-18-6-2-14(43(48)49)10-22(18)30-34-25(17)38(29)33(39(27)30,40(26)31)41(28)32/h1-12H/q+2. The molecule has 0 amide bonds. The molecule has 0 aliphatic carbocycles. The van der Waals surface area contributed by atoms with Gasteiger partial charge in [0, 0.05) is 59.3 Å². The zero-order valence-electron chi connectivity index (χ0n) is 26.1. The van der Waals surface area contributed by atoms with Crippen molar-refractivity contribution in [2.45, 2.75) is 5.91 Å². The molecule has 0 bridgehead atoms. The summed E-state index contributed by atoms with van der Waals surface area (Å²) in [6.45, 7) is 0. The molecule has 0 saturated carbocycles. The summed E-state index contributed by atoms with van der Waals surface area (Å²) in [5.41, 5.74) is 1.49. The fourth-order valence-corrected chi connectivity index (χ4v) is 8.49. The molecule has 250 valence electrons. The molecule has 0 N–H and O–H groups in total. The molecule has 53 heavy (non-hydrogen) atoms. The van der Waals surface area contributed by atoms with Crippen molar-refractivity contribution in [2.24, 2.45) is 20.0 Å². The number of nitro benzene ring substituents is 4. The SMILES string of the molecule is O=[N+]([O-])c1ccc2c(c1)C1=Nc3c4ccc([N+](=O)[O-])cc4c4n3C35n6c(c7ccc([N+](=O)[O-])cc7c6=NC2=[N+]13)=NC1=[N+]5C(=N4)c2ccc([N+](=O)[O-])cc21. The van der Waals surface area contributed by atoms with E-state index in [0.29, 0.717) is 66.8 Å². The lowest BCUT2D eigenvalue weighted by atomic mass is 10.1. The number of aromatic nitrogens is 2. The Labute approximate surface area is 289 Å². The van der Waals surface area contributed by atoms with Crippen molar-refractivity contribution in [2.75, 3.05) is 0 Å². The molecule has 0 fully saturated rings. The van der Waals surface area contributed by atoms with Crippen molar-refractivity contribution in [1.82, 2.24) is 9.13 Å². The van der Waals surface area contributed by atoms with Crippen LogP contribution in [-0.2, 0) is 5.91 Å². The average molecular weight is 705 g/mol. The topological polar surface area (TPSA) is 238 Å². The van der Waals surface area contributed by atoms with Gasteiger partial charge in [-0.05, 0) is 24.3 Å². The fraction of sp³-hybridized carbons (Fsp3) is 0.0303. The Kier molecular flexibility index (Phi) is 4.38. The minimum absolute atomic E-state index is 0.203. The molecule has 0 saturated heterocycles. The highest BCUT2D eigenvalue weighted by atomic mass is 16.6. The number of benzene rings is 4. The lowest BCUT2D eigenvalue weighted by molar-refractivity contribution is -0.790. The number of aliphatic imine (C=N–C) groups is 2. The van der Waals surface area contributed by atoms with Crippen molar-refractivity contribution in [1.29, 1.82) is 0 Å². The van der Waals surface area contributed by atoms with Gasteiger partial charge >= 0.3 is 5.91 Å². The van der Waals surface area contributed by atoms with Crippen LogP contribution in [0.4, 0.5) is 34.4 Å². The predicted octanol–water partition coefficient (Wildman–Crippen LogP) is 3.34.